The van der Waals surface area contributed by atoms with Crippen LogP contribution in [0.3, 0.4) is 0 Å². The van der Waals surface area contributed by atoms with E-state index in [-0.39, 0.29) is 22.2 Å². The number of thioether (sulfide) groups is 1. The number of aryl methyl sites for hydroxylation is 2. The predicted molar refractivity (Wildman–Crippen MR) is 193 cm³/mol. The first kappa shape index (κ1) is 34.5. The number of anilines is 1. The molecule has 2 aromatic carbocycles. The van der Waals surface area contributed by atoms with E-state index in [2.05, 4.69) is 24.0 Å². The minimum atomic E-state index is -1.05. The molecule has 4 heterocycles. The highest BCUT2D eigenvalue weighted by Gasteiger charge is 2.49. The third-order valence-corrected chi connectivity index (χ3v) is 10.5. The van der Waals surface area contributed by atoms with Crippen molar-refractivity contribution in [3.63, 3.8) is 0 Å². The number of aliphatic hydroxyl groups excluding tert-OH is 1. The van der Waals surface area contributed by atoms with Gasteiger partial charge in [0.05, 0.1) is 30.5 Å². The van der Waals surface area contributed by atoms with E-state index >= 15 is 0 Å². The summed E-state index contributed by atoms with van der Waals surface area (Å²) in [5.41, 5.74) is 3.85. The van der Waals surface area contributed by atoms with Gasteiger partial charge in [0, 0.05) is 17.0 Å². The Balaban J connectivity index is 1.44. The fourth-order valence-corrected chi connectivity index (χ4v) is 7.54. The highest BCUT2D eigenvalue weighted by Crippen LogP contribution is 2.46. The third-order valence-electron chi connectivity index (χ3n) is 8.17. The summed E-state index contributed by atoms with van der Waals surface area (Å²) in [7, 11) is 0. The second-order valence-corrected chi connectivity index (χ2v) is 14.7. The van der Waals surface area contributed by atoms with Crippen molar-refractivity contribution in [1.82, 2.24) is 19.6 Å². The Morgan fingerprint density at radius 1 is 1.06 bits per heavy atom. The first-order valence-corrected chi connectivity index (χ1v) is 18.1. The molecule has 254 valence electrons. The maximum absolute atomic E-state index is 13.9. The number of pyridine rings is 1. The van der Waals surface area contributed by atoms with Crippen molar-refractivity contribution >= 4 is 62.9 Å². The van der Waals surface area contributed by atoms with E-state index in [4.69, 9.17) is 26.1 Å². The van der Waals surface area contributed by atoms with Crippen LogP contribution in [0.25, 0.3) is 11.4 Å². The van der Waals surface area contributed by atoms with Crippen molar-refractivity contribution in [3.8, 4) is 11.5 Å². The van der Waals surface area contributed by atoms with Gasteiger partial charge in [-0.25, -0.2) is 4.98 Å². The number of halogens is 1. The summed E-state index contributed by atoms with van der Waals surface area (Å²) in [4.78, 5) is 33.9. The number of aromatic nitrogens is 4. The lowest BCUT2D eigenvalue weighted by atomic mass is 9.96. The molecule has 1 unspecified atom stereocenters. The third kappa shape index (κ3) is 7.03. The van der Waals surface area contributed by atoms with Crippen LogP contribution >= 0.6 is 34.7 Å². The second kappa shape index (κ2) is 14.6. The Morgan fingerprint density at radius 3 is 2.55 bits per heavy atom. The van der Waals surface area contributed by atoms with Crippen LogP contribution in [0.4, 0.5) is 5.13 Å². The number of hydrogen-bond donors (Lipinski definition) is 1. The average Bonchev–Trinajstić information content (AvgIpc) is 3.76. The molecule has 13 heteroatoms. The highest BCUT2D eigenvalue weighted by atomic mass is 35.5. The van der Waals surface area contributed by atoms with Gasteiger partial charge in [-0.15, -0.1) is 10.2 Å². The molecule has 1 saturated heterocycles. The maximum Gasteiger partial charge on any atom is 0.301 e. The Hall–Kier alpha value is -4.39. The zero-order valence-electron chi connectivity index (χ0n) is 27.8. The number of Topliss-reactive ketones (excluding diaryl/α,β-unsaturated/α-hetero) is 1. The Morgan fingerprint density at radius 2 is 1.84 bits per heavy atom. The number of rotatable bonds is 12. The number of hydrogen-bond acceptors (Lipinski definition) is 10. The number of nitrogens with zero attached hydrogens (tertiary/aromatic N) is 5. The van der Waals surface area contributed by atoms with Gasteiger partial charge >= 0.3 is 5.91 Å². The highest BCUT2D eigenvalue weighted by molar-refractivity contribution is 8.00. The summed E-state index contributed by atoms with van der Waals surface area (Å²) in [6.45, 7) is 10.7. The van der Waals surface area contributed by atoms with Gasteiger partial charge in [0.1, 0.15) is 11.3 Å². The molecule has 5 aromatic rings. The molecule has 10 nitrogen and oxygen atoms in total. The second-order valence-electron chi connectivity index (χ2n) is 12.0. The summed E-state index contributed by atoms with van der Waals surface area (Å²) in [5.74, 6) is 0.0284. The zero-order valence-corrected chi connectivity index (χ0v) is 30.2. The molecule has 1 atom stereocenters. The lowest BCUT2D eigenvalue weighted by molar-refractivity contribution is -0.132. The van der Waals surface area contributed by atoms with Gasteiger partial charge in [0.15, 0.2) is 21.6 Å². The molecule has 0 radical (unpaired) electrons. The van der Waals surface area contributed by atoms with Crippen LogP contribution in [0.5, 0.6) is 11.5 Å². The quantitative estimate of drug-likeness (QED) is 0.0448. The van der Waals surface area contributed by atoms with Crippen LogP contribution in [0.2, 0.25) is 5.02 Å². The molecule has 6 rings (SSSR count). The molecule has 0 saturated carbocycles. The van der Waals surface area contributed by atoms with Crippen molar-refractivity contribution < 1.29 is 24.2 Å². The monoisotopic (exact) mass is 717 g/mol. The molecule has 0 bridgehead atoms. The van der Waals surface area contributed by atoms with Crippen molar-refractivity contribution in [2.45, 2.75) is 57.2 Å². The standard InChI is InChI=1S/C36H36ClN5O5S2/c1-6-46-27-18-24(11-14-26(27)47-17-15-20(2)3)30-28(31(43)29-22(5)41-16-7-8-21(4)33(41)38-29)32(44)34(45)42(30)35-39-40-36(49-35)48-19-23-9-12-25(37)13-10-23/h7-14,16,18,20,30,43H,6,15,17,19H2,1-5H3. The van der Waals surface area contributed by atoms with Gasteiger partial charge in [0.25, 0.3) is 5.78 Å². The number of aliphatic hydroxyl groups is 1. The van der Waals surface area contributed by atoms with Crippen molar-refractivity contribution in [3.05, 3.63) is 99.5 Å². The van der Waals surface area contributed by atoms with Gasteiger partial charge < -0.3 is 19.0 Å². The Bertz CT molecular complexity index is 2060. The number of carbonyl (C=O) groups excluding carboxylic acids is 2. The molecular formula is C36H36ClN5O5S2. The van der Waals surface area contributed by atoms with Gasteiger partial charge in [-0.3, -0.25) is 14.5 Å². The van der Waals surface area contributed by atoms with E-state index in [0.29, 0.717) is 62.7 Å². The smallest absolute Gasteiger partial charge is 0.301 e. The van der Waals surface area contributed by atoms with Gasteiger partial charge in [0.2, 0.25) is 5.13 Å². The van der Waals surface area contributed by atoms with Crippen molar-refractivity contribution in [2.75, 3.05) is 18.1 Å². The van der Waals surface area contributed by atoms with E-state index in [1.807, 2.05) is 67.8 Å². The van der Waals surface area contributed by atoms with E-state index in [9.17, 15) is 14.7 Å². The number of ether oxygens (including phenoxy) is 2. The van der Waals surface area contributed by atoms with Crippen molar-refractivity contribution in [2.24, 2.45) is 5.92 Å². The summed E-state index contributed by atoms with van der Waals surface area (Å²) in [5, 5.41) is 21.5. The summed E-state index contributed by atoms with van der Waals surface area (Å²) < 4.78 is 14.5. The fraction of sp³-hybridized carbons (Fsp3) is 0.306. The topological polar surface area (TPSA) is 119 Å². The van der Waals surface area contributed by atoms with Gasteiger partial charge in [-0.05, 0) is 80.1 Å². The number of fused-ring (bicyclic) bond motifs is 1. The molecule has 1 amide bonds. The van der Waals surface area contributed by atoms with E-state index in [1.54, 1.807) is 18.2 Å². The molecule has 1 N–H and O–H groups in total. The van der Waals surface area contributed by atoms with Crippen LogP contribution in [-0.2, 0) is 15.3 Å². The minimum Gasteiger partial charge on any atom is -0.505 e. The normalized spacial score (nSPS) is 15.9. The van der Waals surface area contributed by atoms with E-state index in [1.165, 1.54) is 28.0 Å². The average molecular weight is 718 g/mol. The molecule has 49 heavy (non-hydrogen) atoms. The van der Waals surface area contributed by atoms with Crippen LogP contribution in [0.1, 0.15) is 61.3 Å². The zero-order chi connectivity index (χ0) is 34.8. The molecular weight excluding hydrogens is 682 g/mol. The maximum atomic E-state index is 13.9. The molecule has 1 fully saturated rings. The largest absolute Gasteiger partial charge is 0.505 e. The number of amides is 1. The molecule has 3 aromatic heterocycles. The molecule has 0 aliphatic carbocycles. The summed E-state index contributed by atoms with van der Waals surface area (Å²) >= 11 is 8.69. The Kier molecular flexibility index (Phi) is 10.3. The minimum absolute atomic E-state index is 0.101. The van der Waals surface area contributed by atoms with E-state index in [0.717, 1.165) is 17.5 Å². The van der Waals surface area contributed by atoms with Gasteiger partial charge in [-0.1, -0.05) is 72.8 Å². The van der Waals surface area contributed by atoms with Crippen LogP contribution < -0.4 is 14.4 Å². The molecule has 1 aliphatic rings. The first-order valence-electron chi connectivity index (χ1n) is 15.9. The molecule has 1 aliphatic heterocycles. The predicted octanol–water partition coefficient (Wildman–Crippen LogP) is 8.20. The lowest BCUT2D eigenvalue weighted by Gasteiger charge is -2.23. The van der Waals surface area contributed by atoms with Crippen molar-refractivity contribution in [1.29, 1.82) is 0 Å². The van der Waals surface area contributed by atoms with Crippen LogP contribution in [0.15, 0.2) is 70.7 Å². The first-order chi connectivity index (χ1) is 23.6. The fourth-order valence-electron chi connectivity index (χ4n) is 5.59. The summed E-state index contributed by atoms with van der Waals surface area (Å²) in [6.07, 6.45) is 2.70. The number of carbonyl (C=O) groups is 2. The Labute approximate surface area is 297 Å². The lowest BCUT2D eigenvalue weighted by Crippen LogP contribution is -2.29. The van der Waals surface area contributed by atoms with Gasteiger partial charge in [-0.2, -0.15) is 0 Å². The van der Waals surface area contributed by atoms with E-state index < -0.39 is 17.7 Å². The van der Waals surface area contributed by atoms with Crippen LogP contribution in [-0.4, -0.2) is 49.6 Å². The summed E-state index contributed by atoms with van der Waals surface area (Å²) in [6, 6.07) is 15.6. The number of benzene rings is 2. The number of imidazole rings is 1. The van der Waals surface area contributed by atoms with Crippen LogP contribution in [0, 0.1) is 19.8 Å². The molecule has 0 spiro atoms. The SMILES string of the molecule is CCOc1cc(C2C(=C(O)c3nc4c(C)cccn4c3C)C(=O)C(=O)N2c2nnc(SCc3ccc(Cl)cc3)s2)ccc1OCCC(C)C. The number of ketones is 1.